The Bertz CT molecular complexity index is 688. The van der Waals surface area contributed by atoms with E-state index in [2.05, 4.69) is 5.32 Å². The molecular weight excluding hydrogens is 418 g/mol. The molecule has 31 heavy (non-hydrogen) atoms. The number of hydrogen-bond donors (Lipinski definition) is 1. The van der Waals surface area contributed by atoms with Crippen molar-refractivity contribution >= 4 is 35.8 Å². The molecule has 0 aromatic rings. The standard InChI is InChI=1S/C19H29NO11/c1-9(2)20-19(26)18(31-14(7)25)17(30-13(6)24)16(29-12(5)23)15(28-11(4)22)8-27-10(3)21/h9,15-18H,8H2,1-7H3,(H,20,26)/t15-,16-,17+,18-/m1/s1. The third-order valence-corrected chi connectivity index (χ3v) is 3.34. The van der Waals surface area contributed by atoms with Crippen LogP contribution in [-0.2, 0) is 52.5 Å². The Balaban J connectivity index is 6.41. The lowest BCUT2D eigenvalue weighted by molar-refractivity contribution is -0.203. The van der Waals surface area contributed by atoms with Crippen LogP contribution in [0, 0.1) is 0 Å². The molecule has 0 unspecified atom stereocenters. The molecule has 0 fully saturated rings. The van der Waals surface area contributed by atoms with Gasteiger partial charge in [0.1, 0.15) is 6.61 Å². The van der Waals surface area contributed by atoms with Crippen LogP contribution in [-0.4, -0.2) is 72.8 Å². The minimum Gasteiger partial charge on any atom is -0.462 e. The van der Waals surface area contributed by atoms with E-state index in [1.54, 1.807) is 13.8 Å². The van der Waals surface area contributed by atoms with E-state index in [1.165, 1.54) is 0 Å². The van der Waals surface area contributed by atoms with Gasteiger partial charge in [0.2, 0.25) is 6.10 Å². The summed E-state index contributed by atoms with van der Waals surface area (Å²) in [6, 6.07) is -0.388. The van der Waals surface area contributed by atoms with Gasteiger partial charge >= 0.3 is 29.8 Å². The van der Waals surface area contributed by atoms with Crippen molar-refractivity contribution in [2.45, 2.75) is 78.9 Å². The second kappa shape index (κ2) is 13.2. The van der Waals surface area contributed by atoms with Gasteiger partial charge in [0.05, 0.1) is 0 Å². The van der Waals surface area contributed by atoms with Gasteiger partial charge in [0, 0.05) is 40.7 Å². The molecule has 12 heteroatoms. The second-order valence-electron chi connectivity index (χ2n) is 6.79. The molecule has 4 atom stereocenters. The molecule has 0 bridgehead atoms. The van der Waals surface area contributed by atoms with Crippen LogP contribution < -0.4 is 5.32 Å². The van der Waals surface area contributed by atoms with E-state index in [0.717, 1.165) is 34.6 Å². The molecule has 0 spiro atoms. The van der Waals surface area contributed by atoms with Crippen molar-refractivity contribution in [2.75, 3.05) is 6.61 Å². The maximum absolute atomic E-state index is 12.7. The number of hydrogen-bond acceptors (Lipinski definition) is 11. The molecular formula is C19H29NO11. The Kier molecular flexibility index (Phi) is 11.8. The zero-order chi connectivity index (χ0) is 24.3. The zero-order valence-corrected chi connectivity index (χ0v) is 18.6. The fourth-order valence-electron chi connectivity index (χ4n) is 2.46. The molecule has 1 N–H and O–H groups in total. The Labute approximate surface area is 179 Å². The molecule has 0 rings (SSSR count). The first-order valence-electron chi connectivity index (χ1n) is 9.37. The molecule has 0 aliphatic heterocycles. The summed E-state index contributed by atoms with van der Waals surface area (Å²) in [5.41, 5.74) is 0. The summed E-state index contributed by atoms with van der Waals surface area (Å²) < 4.78 is 25.3. The van der Waals surface area contributed by atoms with E-state index in [-0.39, 0.29) is 6.04 Å². The van der Waals surface area contributed by atoms with Gasteiger partial charge in [-0.15, -0.1) is 0 Å². The SMILES string of the molecule is CC(=O)OC[C@@H](OC(C)=O)[C@@H](OC(C)=O)[C@H](OC(C)=O)[C@@H](OC(C)=O)C(=O)NC(C)C. The Morgan fingerprint density at radius 1 is 0.645 bits per heavy atom. The topological polar surface area (TPSA) is 161 Å². The molecule has 0 aromatic carbocycles. The van der Waals surface area contributed by atoms with E-state index in [4.69, 9.17) is 23.7 Å². The van der Waals surface area contributed by atoms with E-state index in [1.807, 2.05) is 0 Å². The minimum absolute atomic E-state index is 0.388. The summed E-state index contributed by atoms with van der Waals surface area (Å²) >= 11 is 0. The van der Waals surface area contributed by atoms with E-state index in [9.17, 15) is 28.8 Å². The molecule has 0 aliphatic carbocycles. The average Bonchev–Trinajstić information content (AvgIpc) is 2.58. The fraction of sp³-hybridized carbons (Fsp3) is 0.684. The molecule has 1 amide bonds. The highest BCUT2D eigenvalue weighted by Crippen LogP contribution is 2.20. The van der Waals surface area contributed by atoms with E-state index in [0.29, 0.717) is 0 Å². The van der Waals surface area contributed by atoms with Gasteiger partial charge in [-0.1, -0.05) is 0 Å². The number of ether oxygens (including phenoxy) is 5. The van der Waals surface area contributed by atoms with E-state index >= 15 is 0 Å². The summed E-state index contributed by atoms with van der Waals surface area (Å²) in [6.07, 6.45) is -6.65. The third kappa shape index (κ3) is 11.6. The highest BCUT2D eigenvalue weighted by atomic mass is 16.6. The molecule has 0 radical (unpaired) electrons. The molecule has 0 aromatic heterocycles. The first-order chi connectivity index (χ1) is 14.2. The maximum Gasteiger partial charge on any atom is 0.303 e. The molecule has 0 aliphatic rings. The number of amides is 1. The summed E-state index contributed by atoms with van der Waals surface area (Å²) in [5.74, 6) is -5.14. The van der Waals surface area contributed by atoms with E-state index < -0.39 is 66.8 Å². The maximum atomic E-state index is 12.7. The van der Waals surface area contributed by atoms with Gasteiger partial charge in [0.15, 0.2) is 18.3 Å². The van der Waals surface area contributed by atoms with Gasteiger partial charge in [-0.2, -0.15) is 0 Å². The normalized spacial score (nSPS) is 14.3. The lowest BCUT2D eigenvalue weighted by atomic mass is 10.0. The van der Waals surface area contributed by atoms with Crippen molar-refractivity contribution < 1.29 is 52.5 Å². The Morgan fingerprint density at radius 2 is 1.10 bits per heavy atom. The van der Waals surface area contributed by atoms with Crippen molar-refractivity contribution in [3.63, 3.8) is 0 Å². The van der Waals surface area contributed by atoms with Crippen LogP contribution in [0.15, 0.2) is 0 Å². The van der Waals surface area contributed by atoms with Crippen LogP contribution in [0.5, 0.6) is 0 Å². The number of carbonyl (C=O) groups is 6. The first kappa shape index (κ1) is 27.8. The van der Waals surface area contributed by atoms with Crippen LogP contribution in [0.1, 0.15) is 48.5 Å². The van der Waals surface area contributed by atoms with Crippen LogP contribution in [0.3, 0.4) is 0 Å². The fourth-order valence-corrected chi connectivity index (χ4v) is 2.46. The lowest BCUT2D eigenvalue weighted by Crippen LogP contribution is -2.57. The Morgan fingerprint density at radius 3 is 1.48 bits per heavy atom. The van der Waals surface area contributed by atoms with Gasteiger partial charge < -0.3 is 29.0 Å². The van der Waals surface area contributed by atoms with Crippen LogP contribution >= 0.6 is 0 Å². The molecule has 176 valence electrons. The predicted molar refractivity (Wildman–Crippen MR) is 102 cm³/mol. The van der Waals surface area contributed by atoms with Crippen molar-refractivity contribution in [3.8, 4) is 0 Å². The van der Waals surface area contributed by atoms with Crippen molar-refractivity contribution in [1.29, 1.82) is 0 Å². The quantitative estimate of drug-likeness (QED) is 0.330. The summed E-state index contributed by atoms with van der Waals surface area (Å²) in [5, 5.41) is 2.50. The average molecular weight is 447 g/mol. The predicted octanol–water partition coefficient (Wildman–Crippen LogP) is -0.199. The van der Waals surface area contributed by atoms with Gasteiger partial charge in [-0.3, -0.25) is 28.8 Å². The van der Waals surface area contributed by atoms with Gasteiger partial charge in [0.25, 0.3) is 5.91 Å². The van der Waals surface area contributed by atoms with Crippen molar-refractivity contribution in [1.82, 2.24) is 5.32 Å². The second-order valence-corrected chi connectivity index (χ2v) is 6.79. The van der Waals surface area contributed by atoms with Crippen molar-refractivity contribution in [2.24, 2.45) is 0 Å². The smallest absolute Gasteiger partial charge is 0.303 e. The Hall–Kier alpha value is -3.18. The summed E-state index contributed by atoms with van der Waals surface area (Å²) in [4.78, 5) is 70.7. The van der Waals surface area contributed by atoms with Crippen LogP contribution in [0.2, 0.25) is 0 Å². The first-order valence-corrected chi connectivity index (χ1v) is 9.37. The lowest BCUT2D eigenvalue weighted by Gasteiger charge is -2.34. The van der Waals surface area contributed by atoms with Gasteiger partial charge in [-0.05, 0) is 13.8 Å². The van der Waals surface area contributed by atoms with Crippen LogP contribution in [0.4, 0.5) is 0 Å². The minimum atomic E-state index is -1.77. The van der Waals surface area contributed by atoms with Crippen LogP contribution in [0.25, 0.3) is 0 Å². The number of rotatable bonds is 11. The number of esters is 5. The highest BCUT2D eigenvalue weighted by molar-refractivity contribution is 5.85. The third-order valence-electron chi connectivity index (χ3n) is 3.34. The number of carbonyl (C=O) groups excluding carboxylic acids is 6. The zero-order valence-electron chi connectivity index (χ0n) is 18.6. The highest BCUT2D eigenvalue weighted by Gasteiger charge is 2.46. The molecule has 0 saturated heterocycles. The summed E-state index contributed by atoms with van der Waals surface area (Å²) in [7, 11) is 0. The monoisotopic (exact) mass is 447 g/mol. The molecule has 12 nitrogen and oxygen atoms in total. The molecule has 0 saturated carbocycles. The van der Waals surface area contributed by atoms with Gasteiger partial charge in [-0.25, -0.2) is 0 Å². The molecule has 0 heterocycles. The van der Waals surface area contributed by atoms with Crippen molar-refractivity contribution in [3.05, 3.63) is 0 Å². The summed E-state index contributed by atoms with van der Waals surface area (Å²) in [6.45, 7) is 7.85. The largest absolute Gasteiger partial charge is 0.462 e. The number of nitrogens with one attached hydrogen (secondary N) is 1.